The third kappa shape index (κ3) is 10.7. The molecule has 0 amide bonds. The lowest BCUT2D eigenvalue weighted by Crippen LogP contribution is -2.69. The number of hydrogen-bond donors (Lipinski definition) is 0. The van der Waals surface area contributed by atoms with Crippen molar-refractivity contribution < 1.29 is 32.3 Å². The summed E-state index contributed by atoms with van der Waals surface area (Å²) in [5.41, 5.74) is 2.40. The summed E-state index contributed by atoms with van der Waals surface area (Å²) in [4.78, 5) is 12.4. The Labute approximate surface area is 287 Å². The molecule has 0 aromatic carbocycles. The van der Waals surface area contributed by atoms with Crippen LogP contribution in [0.1, 0.15) is 81.6 Å². The Bertz CT molecular complexity index is 1050. The summed E-state index contributed by atoms with van der Waals surface area (Å²) in [6, 6.07) is 0. The van der Waals surface area contributed by atoms with Crippen molar-refractivity contribution in [1.82, 2.24) is 0 Å². The van der Waals surface area contributed by atoms with Crippen molar-refractivity contribution in [2.24, 2.45) is 0 Å². The molecule has 7 atom stereocenters. The molecular formula is C35H72O7Si4. The highest BCUT2D eigenvalue weighted by Gasteiger charge is 2.57. The highest BCUT2D eigenvalue weighted by atomic mass is 28.4. The van der Waals surface area contributed by atoms with E-state index >= 15 is 0 Å². The lowest BCUT2D eigenvalue weighted by Gasteiger charge is -2.56. The van der Waals surface area contributed by atoms with Crippen LogP contribution in [-0.2, 0) is 32.3 Å². The first kappa shape index (κ1) is 42.0. The van der Waals surface area contributed by atoms with E-state index in [9.17, 15) is 4.79 Å². The predicted octanol–water partition coefficient (Wildman–Crippen LogP) is 9.47. The molecule has 2 aliphatic rings. The molecule has 0 bridgehead atoms. The molecule has 2 heterocycles. The van der Waals surface area contributed by atoms with Crippen molar-refractivity contribution in [3.8, 4) is 0 Å². The average molecular weight is 717 g/mol. The fraction of sp³-hybridized carbons (Fsp3) is 0.914. The maximum atomic E-state index is 12.4. The van der Waals surface area contributed by atoms with E-state index in [1.54, 1.807) is 0 Å². The standard InChI is InChI=1S/C35H72O7Si4/c1-33(2,3)44(14,15)40-27(22-23-43(11,12)13)30-32(42-46(18,19)35(7,8)9)31(41-45(16,17)34(4,5)6)29-26(39-30)21-20-25(38-29)24-28(36)37-10/h22-23,25-27,29-32H,20-21,24H2,1-19H3/b23-22+/t25-,26?,27?,29+,30+,31?,32?/m1/s1. The smallest absolute Gasteiger partial charge is 0.308 e. The monoisotopic (exact) mass is 716 g/mol. The number of methoxy groups -OCH3 is 1. The zero-order valence-corrected chi connectivity index (χ0v) is 37.2. The van der Waals surface area contributed by atoms with Crippen molar-refractivity contribution in [3.05, 3.63) is 11.8 Å². The van der Waals surface area contributed by atoms with Gasteiger partial charge in [-0.3, -0.25) is 4.79 Å². The number of rotatable bonds is 11. The lowest BCUT2D eigenvalue weighted by molar-refractivity contribution is -0.266. The summed E-state index contributed by atoms with van der Waals surface area (Å²) >= 11 is 0. The Morgan fingerprint density at radius 3 is 1.65 bits per heavy atom. The van der Waals surface area contributed by atoms with Crippen molar-refractivity contribution in [1.29, 1.82) is 0 Å². The molecule has 7 nitrogen and oxygen atoms in total. The van der Waals surface area contributed by atoms with Gasteiger partial charge < -0.3 is 27.5 Å². The molecule has 2 rings (SSSR count). The molecule has 270 valence electrons. The summed E-state index contributed by atoms with van der Waals surface area (Å²) in [6.45, 7) is 41.5. The molecule has 2 fully saturated rings. The van der Waals surface area contributed by atoms with Crippen LogP contribution in [0, 0.1) is 0 Å². The second-order valence-electron chi connectivity index (χ2n) is 19.5. The molecule has 0 spiro atoms. The minimum absolute atomic E-state index is 0.0211. The highest BCUT2D eigenvalue weighted by molar-refractivity contribution is 6.81. The first-order chi connectivity index (χ1) is 20.4. The van der Waals surface area contributed by atoms with E-state index in [4.69, 9.17) is 27.5 Å². The van der Waals surface area contributed by atoms with Gasteiger partial charge in [0.15, 0.2) is 25.0 Å². The summed E-state index contributed by atoms with van der Waals surface area (Å²) in [7, 11) is -7.01. The number of hydrogen-bond acceptors (Lipinski definition) is 7. The normalized spacial score (nSPS) is 28.2. The van der Waals surface area contributed by atoms with Crippen LogP contribution in [0.25, 0.3) is 0 Å². The van der Waals surface area contributed by atoms with Crippen molar-refractivity contribution in [2.45, 2.75) is 198 Å². The summed E-state index contributed by atoms with van der Waals surface area (Å²) < 4.78 is 41.3. The number of fused-ring (bicyclic) bond motifs is 1. The van der Waals surface area contributed by atoms with Gasteiger partial charge in [0.2, 0.25) is 0 Å². The molecule has 0 saturated carbocycles. The van der Waals surface area contributed by atoms with Crippen LogP contribution in [0.4, 0.5) is 0 Å². The van der Waals surface area contributed by atoms with Crippen LogP contribution in [0.2, 0.25) is 74.0 Å². The Kier molecular flexibility index (Phi) is 13.4. The molecule has 2 saturated heterocycles. The first-order valence-corrected chi connectivity index (χ1v) is 29.8. The molecule has 0 N–H and O–H groups in total. The van der Waals surface area contributed by atoms with Gasteiger partial charge in [-0.2, -0.15) is 0 Å². The molecule has 11 heteroatoms. The van der Waals surface area contributed by atoms with E-state index in [-0.39, 0.29) is 64.1 Å². The minimum atomic E-state index is -2.34. The third-order valence-electron chi connectivity index (χ3n) is 11.2. The maximum absolute atomic E-state index is 12.4. The van der Waals surface area contributed by atoms with Crippen molar-refractivity contribution >= 4 is 39.0 Å². The van der Waals surface area contributed by atoms with E-state index in [2.05, 4.69) is 133 Å². The molecule has 2 aliphatic heterocycles. The van der Waals surface area contributed by atoms with E-state index in [0.717, 1.165) is 12.8 Å². The topological polar surface area (TPSA) is 72.5 Å². The van der Waals surface area contributed by atoms with Crippen LogP contribution in [0.3, 0.4) is 0 Å². The Morgan fingerprint density at radius 2 is 1.22 bits per heavy atom. The van der Waals surface area contributed by atoms with Crippen LogP contribution in [-0.4, -0.2) is 88.8 Å². The Balaban J connectivity index is 2.82. The van der Waals surface area contributed by atoms with Gasteiger partial charge in [0, 0.05) is 0 Å². The van der Waals surface area contributed by atoms with Crippen LogP contribution >= 0.6 is 0 Å². The van der Waals surface area contributed by atoms with Crippen LogP contribution < -0.4 is 0 Å². The minimum Gasteiger partial charge on any atom is -0.469 e. The van der Waals surface area contributed by atoms with Crippen LogP contribution in [0.5, 0.6) is 0 Å². The Hall–Kier alpha value is -0.122. The molecule has 4 unspecified atom stereocenters. The molecule has 0 radical (unpaired) electrons. The SMILES string of the molecule is COC(=O)C[C@H]1CCC2O[C@@H](C(/C=C/[Si](C)(C)C)O[Si](C)(C)C(C)(C)C)C(O[Si](C)(C)C(C)(C)C)C(O[Si](C)(C)C(C)(C)C)[C@H]2O1. The van der Waals surface area contributed by atoms with Gasteiger partial charge in [-0.25, -0.2) is 0 Å². The molecular weight excluding hydrogens is 645 g/mol. The van der Waals surface area contributed by atoms with Crippen LogP contribution in [0.15, 0.2) is 11.8 Å². The average Bonchev–Trinajstić information content (AvgIpc) is 2.85. The predicted molar refractivity (Wildman–Crippen MR) is 202 cm³/mol. The van der Waals surface area contributed by atoms with Crippen molar-refractivity contribution in [3.63, 3.8) is 0 Å². The van der Waals surface area contributed by atoms with Gasteiger partial charge in [0.1, 0.15) is 24.4 Å². The van der Waals surface area contributed by atoms with E-state index in [1.165, 1.54) is 7.11 Å². The van der Waals surface area contributed by atoms with Gasteiger partial charge in [-0.1, -0.05) is 93.7 Å². The summed E-state index contributed by atoms with van der Waals surface area (Å²) in [6.07, 6.45) is 1.77. The summed E-state index contributed by atoms with van der Waals surface area (Å²) in [5, 5.41) is -0.0231. The maximum Gasteiger partial charge on any atom is 0.308 e. The molecule has 0 aromatic heterocycles. The van der Waals surface area contributed by atoms with E-state index in [0.29, 0.717) is 0 Å². The summed E-state index contributed by atoms with van der Waals surface area (Å²) in [5.74, 6) is -0.256. The zero-order chi connectivity index (χ0) is 35.9. The van der Waals surface area contributed by atoms with Gasteiger partial charge in [0.25, 0.3) is 0 Å². The fourth-order valence-electron chi connectivity index (χ4n) is 5.08. The largest absolute Gasteiger partial charge is 0.469 e. The van der Waals surface area contributed by atoms with Gasteiger partial charge in [0.05, 0.1) is 39.9 Å². The third-order valence-corrected chi connectivity index (χ3v) is 25.8. The number of carbonyl (C=O) groups excluding carboxylic acids is 1. The number of carbonyl (C=O) groups is 1. The van der Waals surface area contributed by atoms with Gasteiger partial charge in [-0.15, -0.1) is 0 Å². The van der Waals surface area contributed by atoms with E-state index < -0.39 is 39.1 Å². The fourth-order valence-corrected chi connectivity index (χ4v) is 9.70. The van der Waals surface area contributed by atoms with E-state index in [1.807, 2.05) is 0 Å². The Morgan fingerprint density at radius 1 is 0.739 bits per heavy atom. The molecule has 46 heavy (non-hydrogen) atoms. The molecule has 0 aliphatic carbocycles. The van der Waals surface area contributed by atoms with Gasteiger partial charge >= 0.3 is 5.97 Å². The zero-order valence-electron chi connectivity index (χ0n) is 33.2. The van der Waals surface area contributed by atoms with Gasteiger partial charge in [-0.05, 0) is 67.2 Å². The number of ether oxygens (including phenoxy) is 3. The van der Waals surface area contributed by atoms with Crippen molar-refractivity contribution in [2.75, 3.05) is 7.11 Å². The number of esters is 1. The molecule has 0 aromatic rings. The second kappa shape index (κ2) is 14.6. The second-order valence-corrected chi connectivity index (χ2v) is 38.8. The lowest BCUT2D eigenvalue weighted by atomic mass is 9.87. The first-order valence-electron chi connectivity index (χ1n) is 17.5. The highest BCUT2D eigenvalue weighted by Crippen LogP contribution is 2.47. The quantitative estimate of drug-likeness (QED) is 0.156.